The normalized spacial score (nSPS) is 21.7. The van der Waals surface area contributed by atoms with Gasteiger partial charge >= 0.3 is 0 Å². The number of anilines is 3. The third kappa shape index (κ3) is 2.17. The van der Waals surface area contributed by atoms with Crippen molar-refractivity contribution in [3.63, 3.8) is 0 Å². The zero-order valence-electron chi connectivity index (χ0n) is 9.24. The van der Waals surface area contributed by atoms with Crippen LogP contribution in [0.25, 0.3) is 0 Å². The summed E-state index contributed by atoms with van der Waals surface area (Å²) in [5.74, 6) is 0.775. The Morgan fingerprint density at radius 2 is 2.07 bits per heavy atom. The van der Waals surface area contributed by atoms with Gasteiger partial charge in [-0.25, -0.2) is 0 Å². The van der Waals surface area contributed by atoms with Crippen LogP contribution in [-0.4, -0.2) is 13.1 Å². The monoisotopic (exact) mass is 205 g/mol. The first-order chi connectivity index (χ1) is 7.16. The highest BCUT2D eigenvalue weighted by Crippen LogP contribution is 2.26. The van der Waals surface area contributed by atoms with Gasteiger partial charge < -0.3 is 16.4 Å². The molecule has 1 atom stereocenters. The molecule has 1 aliphatic heterocycles. The fourth-order valence-corrected chi connectivity index (χ4v) is 2.18. The van der Waals surface area contributed by atoms with Gasteiger partial charge in [0.2, 0.25) is 0 Å². The van der Waals surface area contributed by atoms with Crippen LogP contribution < -0.4 is 16.4 Å². The molecule has 1 aromatic rings. The molecule has 3 heteroatoms. The van der Waals surface area contributed by atoms with Crippen molar-refractivity contribution in [3.05, 3.63) is 18.2 Å². The van der Waals surface area contributed by atoms with E-state index in [0.717, 1.165) is 19.0 Å². The minimum Gasteiger partial charge on any atom is -0.397 e. The van der Waals surface area contributed by atoms with Gasteiger partial charge in [-0.1, -0.05) is 6.92 Å². The van der Waals surface area contributed by atoms with Gasteiger partial charge in [-0.2, -0.15) is 0 Å². The number of nitrogens with zero attached hydrogens (tertiary/aromatic N) is 1. The number of hydrogen-bond acceptors (Lipinski definition) is 3. The molecule has 1 aromatic carbocycles. The second kappa shape index (κ2) is 4.01. The SMILES string of the molecule is CC1CCCN(c2ccc(N)c(N)c2)C1. The first-order valence-electron chi connectivity index (χ1n) is 5.57. The maximum atomic E-state index is 5.81. The van der Waals surface area contributed by atoms with Crippen LogP contribution in [0.2, 0.25) is 0 Å². The molecular formula is C12H19N3. The van der Waals surface area contributed by atoms with Crippen LogP contribution in [0.3, 0.4) is 0 Å². The summed E-state index contributed by atoms with van der Waals surface area (Å²) in [4.78, 5) is 2.39. The molecule has 0 saturated carbocycles. The summed E-state index contributed by atoms with van der Waals surface area (Å²) >= 11 is 0. The fourth-order valence-electron chi connectivity index (χ4n) is 2.18. The summed E-state index contributed by atoms with van der Waals surface area (Å²) in [7, 11) is 0. The first kappa shape index (κ1) is 10.1. The molecule has 82 valence electrons. The Balaban J connectivity index is 2.18. The average Bonchev–Trinajstić information content (AvgIpc) is 2.22. The molecule has 2 rings (SSSR count). The van der Waals surface area contributed by atoms with Crippen LogP contribution in [0.1, 0.15) is 19.8 Å². The number of benzene rings is 1. The van der Waals surface area contributed by atoms with Gasteiger partial charge in [0, 0.05) is 18.8 Å². The highest BCUT2D eigenvalue weighted by molar-refractivity contribution is 5.69. The maximum Gasteiger partial charge on any atom is 0.0568 e. The number of hydrogen-bond donors (Lipinski definition) is 2. The molecule has 0 radical (unpaired) electrons. The van der Waals surface area contributed by atoms with Gasteiger partial charge in [0.05, 0.1) is 11.4 Å². The largest absolute Gasteiger partial charge is 0.397 e. The predicted octanol–water partition coefficient (Wildman–Crippen LogP) is 2.09. The summed E-state index contributed by atoms with van der Waals surface area (Å²) in [6, 6.07) is 5.93. The van der Waals surface area contributed by atoms with Crippen molar-refractivity contribution in [3.8, 4) is 0 Å². The molecule has 0 bridgehead atoms. The van der Waals surface area contributed by atoms with Gasteiger partial charge in [-0.05, 0) is 37.0 Å². The van der Waals surface area contributed by atoms with E-state index in [2.05, 4.69) is 17.9 Å². The summed E-state index contributed by atoms with van der Waals surface area (Å²) in [6.07, 6.45) is 2.60. The zero-order valence-corrected chi connectivity index (χ0v) is 9.24. The number of nitrogen functional groups attached to an aromatic ring is 2. The molecule has 15 heavy (non-hydrogen) atoms. The second-order valence-corrected chi connectivity index (χ2v) is 4.51. The van der Waals surface area contributed by atoms with Crippen molar-refractivity contribution in [2.45, 2.75) is 19.8 Å². The Bertz CT molecular complexity index is 349. The Labute approximate surface area is 91.1 Å². The molecule has 1 unspecified atom stereocenters. The Hall–Kier alpha value is -1.38. The van der Waals surface area contributed by atoms with E-state index in [9.17, 15) is 0 Å². The van der Waals surface area contributed by atoms with Crippen LogP contribution in [-0.2, 0) is 0 Å². The second-order valence-electron chi connectivity index (χ2n) is 4.51. The third-order valence-electron chi connectivity index (χ3n) is 3.09. The lowest BCUT2D eigenvalue weighted by atomic mass is 9.99. The molecule has 1 aliphatic rings. The Morgan fingerprint density at radius 1 is 1.27 bits per heavy atom. The lowest BCUT2D eigenvalue weighted by Crippen LogP contribution is -2.34. The van der Waals surface area contributed by atoms with Crippen LogP contribution in [0.15, 0.2) is 18.2 Å². The fraction of sp³-hybridized carbons (Fsp3) is 0.500. The van der Waals surface area contributed by atoms with Gasteiger partial charge in [-0.3, -0.25) is 0 Å². The van der Waals surface area contributed by atoms with Crippen molar-refractivity contribution in [2.75, 3.05) is 29.5 Å². The van der Waals surface area contributed by atoms with Gasteiger partial charge in [0.15, 0.2) is 0 Å². The number of piperidine rings is 1. The van der Waals surface area contributed by atoms with E-state index in [-0.39, 0.29) is 0 Å². The first-order valence-corrected chi connectivity index (χ1v) is 5.57. The van der Waals surface area contributed by atoms with E-state index >= 15 is 0 Å². The van der Waals surface area contributed by atoms with E-state index in [4.69, 9.17) is 11.5 Å². The minimum atomic E-state index is 0.670. The number of nitrogens with two attached hydrogens (primary N) is 2. The molecule has 4 N–H and O–H groups in total. The smallest absolute Gasteiger partial charge is 0.0568 e. The van der Waals surface area contributed by atoms with Gasteiger partial charge in [-0.15, -0.1) is 0 Å². The topological polar surface area (TPSA) is 55.3 Å². The molecular weight excluding hydrogens is 186 g/mol. The van der Waals surface area contributed by atoms with Crippen LogP contribution in [0.4, 0.5) is 17.1 Å². The Morgan fingerprint density at radius 3 is 2.73 bits per heavy atom. The molecule has 1 heterocycles. The quantitative estimate of drug-likeness (QED) is 0.690. The highest BCUT2D eigenvalue weighted by Gasteiger charge is 2.16. The molecule has 3 nitrogen and oxygen atoms in total. The van der Waals surface area contributed by atoms with E-state index in [0.29, 0.717) is 11.4 Å². The van der Waals surface area contributed by atoms with E-state index < -0.39 is 0 Å². The molecule has 1 saturated heterocycles. The minimum absolute atomic E-state index is 0.670. The van der Waals surface area contributed by atoms with Crippen molar-refractivity contribution in [1.82, 2.24) is 0 Å². The van der Waals surface area contributed by atoms with E-state index in [1.54, 1.807) is 0 Å². The molecule has 1 fully saturated rings. The standard InChI is InChI=1S/C12H19N3/c1-9-3-2-6-15(8-9)10-4-5-11(13)12(14)7-10/h4-5,7,9H,2-3,6,8,13-14H2,1H3. The van der Waals surface area contributed by atoms with Crippen LogP contribution in [0, 0.1) is 5.92 Å². The summed E-state index contributed by atoms with van der Waals surface area (Å²) in [5, 5.41) is 0. The Kier molecular flexibility index (Phi) is 2.71. The third-order valence-corrected chi connectivity index (χ3v) is 3.09. The van der Waals surface area contributed by atoms with Gasteiger partial charge in [0.1, 0.15) is 0 Å². The number of rotatable bonds is 1. The molecule has 0 spiro atoms. The molecule has 0 amide bonds. The maximum absolute atomic E-state index is 5.81. The predicted molar refractivity (Wildman–Crippen MR) is 65.9 cm³/mol. The lowest BCUT2D eigenvalue weighted by molar-refractivity contribution is 0.447. The van der Waals surface area contributed by atoms with Gasteiger partial charge in [0.25, 0.3) is 0 Å². The zero-order chi connectivity index (χ0) is 10.8. The van der Waals surface area contributed by atoms with Crippen molar-refractivity contribution in [1.29, 1.82) is 0 Å². The highest BCUT2D eigenvalue weighted by atomic mass is 15.1. The van der Waals surface area contributed by atoms with Crippen LogP contribution >= 0.6 is 0 Å². The van der Waals surface area contributed by atoms with Crippen molar-refractivity contribution in [2.24, 2.45) is 5.92 Å². The average molecular weight is 205 g/mol. The summed E-state index contributed by atoms with van der Waals surface area (Å²) in [6.45, 7) is 4.56. The van der Waals surface area contributed by atoms with E-state index in [1.165, 1.54) is 18.5 Å². The molecule has 0 aliphatic carbocycles. The van der Waals surface area contributed by atoms with E-state index in [1.807, 2.05) is 12.1 Å². The van der Waals surface area contributed by atoms with Crippen LogP contribution in [0.5, 0.6) is 0 Å². The van der Waals surface area contributed by atoms with Crippen molar-refractivity contribution >= 4 is 17.1 Å². The molecule has 0 aromatic heterocycles. The summed E-state index contributed by atoms with van der Waals surface area (Å²) < 4.78 is 0. The van der Waals surface area contributed by atoms with Crippen molar-refractivity contribution < 1.29 is 0 Å². The lowest BCUT2D eigenvalue weighted by Gasteiger charge is -2.33. The summed E-state index contributed by atoms with van der Waals surface area (Å²) in [5.41, 5.74) is 14.1.